The molecule has 1 aliphatic rings. The molecular formula is C13H21N3O. The second-order valence-corrected chi connectivity index (χ2v) is 4.71. The van der Waals surface area contributed by atoms with Crippen LogP contribution in [0.1, 0.15) is 20.3 Å². The van der Waals surface area contributed by atoms with Crippen LogP contribution in [0, 0.1) is 0 Å². The first-order valence-corrected chi connectivity index (χ1v) is 6.14. The van der Waals surface area contributed by atoms with Crippen molar-refractivity contribution in [2.75, 3.05) is 11.4 Å². The highest BCUT2D eigenvalue weighted by Gasteiger charge is 2.32. The van der Waals surface area contributed by atoms with E-state index in [2.05, 4.69) is 36.3 Å². The number of nitrogens with zero attached hydrogens (tertiary/aromatic N) is 1. The standard InChI is InChI=1S/C13H21N3O/c1-10(2)17-12-8-13(15-14)16(9-12)11-6-4-3-5-7-11/h3-7,10,12-13,15H,8-9,14H2,1-2H3. The van der Waals surface area contributed by atoms with Crippen molar-refractivity contribution in [2.45, 2.75) is 38.6 Å². The summed E-state index contributed by atoms with van der Waals surface area (Å²) in [4.78, 5) is 2.26. The summed E-state index contributed by atoms with van der Waals surface area (Å²) in [7, 11) is 0. The molecule has 0 aromatic heterocycles. The second kappa shape index (κ2) is 5.49. The Morgan fingerprint density at radius 3 is 2.65 bits per heavy atom. The number of rotatable bonds is 4. The first-order chi connectivity index (χ1) is 8.20. The van der Waals surface area contributed by atoms with Gasteiger partial charge >= 0.3 is 0 Å². The SMILES string of the molecule is CC(C)OC1CC(NN)N(c2ccccc2)C1. The molecule has 17 heavy (non-hydrogen) atoms. The van der Waals surface area contributed by atoms with Crippen LogP contribution in [-0.2, 0) is 4.74 Å². The Balaban J connectivity index is 2.07. The van der Waals surface area contributed by atoms with Gasteiger partial charge in [0.15, 0.2) is 0 Å². The minimum absolute atomic E-state index is 0.154. The Labute approximate surface area is 103 Å². The third-order valence-electron chi connectivity index (χ3n) is 3.01. The molecule has 0 spiro atoms. The minimum Gasteiger partial charge on any atom is -0.374 e. The van der Waals surface area contributed by atoms with Gasteiger partial charge in [-0.2, -0.15) is 0 Å². The molecule has 0 aliphatic carbocycles. The number of hydrogen-bond acceptors (Lipinski definition) is 4. The van der Waals surface area contributed by atoms with E-state index in [9.17, 15) is 0 Å². The van der Waals surface area contributed by atoms with Gasteiger partial charge < -0.3 is 9.64 Å². The lowest BCUT2D eigenvalue weighted by atomic mass is 10.3. The van der Waals surface area contributed by atoms with E-state index in [-0.39, 0.29) is 18.4 Å². The molecule has 4 nitrogen and oxygen atoms in total. The molecule has 94 valence electrons. The lowest BCUT2D eigenvalue weighted by molar-refractivity contribution is 0.0188. The Morgan fingerprint density at radius 1 is 1.35 bits per heavy atom. The van der Waals surface area contributed by atoms with Crippen molar-refractivity contribution in [3.05, 3.63) is 30.3 Å². The van der Waals surface area contributed by atoms with E-state index in [4.69, 9.17) is 10.6 Å². The number of ether oxygens (including phenoxy) is 1. The zero-order valence-electron chi connectivity index (χ0n) is 10.5. The molecule has 0 saturated carbocycles. The highest BCUT2D eigenvalue weighted by atomic mass is 16.5. The van der Waals surface area contributed by atoms with Crippen LogP contribution in [0.15, 0.2) is 30.3 Å². The largest absolute Gasteiger partial charge is 0.374 e. The van der Waals surface area contributed by atoms with Gasteiger partial charge in [0.1, 0.15) is 0 Å². The molecule has 1 fully saturated rings. The predicted octanol–water partition coefficient (Wildman–Crippen LogP) is 1.48. The molecule has 1 aromatic carbocycles. The quantitative estimate of drug-likeness (QED) is 0.613. The smallest absolute Gasteiger partial charge is 0.0946 e. The van der Waals surface area contributed by atoms with Crippen molar-refractivity contribution in [3.8, 4) is 0 Å². The van der Waals surface area contributed by atoms with Gasteiger partial charge in [0.2, 0.25) is 0 Å². The minimum atomic E-state index is 0.154. The lowest BCUT2D eigenvalue weighted by Gasteiger charge is -2.25. The molecular weight excluding hydrogens is 214 g/mol. The fourth-order valence-electron chi connectivity index (χ4n) is 2.34. The maximum Gasteiger partial charge on any atom is 0.0946 e. The summed E-state index contributed by atoms with van der Waals surface area (Å²) in [5, 5.41) is 0. The Morgan fingerprint density at radius 2 is 2.06 bits per heavy atom. The fraction of sp³-hybridized carbons (Fsp3) is 0.538. The fourth-order valence-corrected chi connectivity index (χ4v) is 2.34. The summed E-state index contributed by atoms with van der Waals surface area (Å²) in [6.07, 6.45) is 1.58. The first kappa shape index (κ1) is 12.4. The molecule has 3 N–H and O–H groups in total. The van der Waals surface area contributed by atoms with Gasteiger partial charge in [0, 0.05) is 18.7 Å². The van der Waals surface area contributed by atoms with Crippen molar-refractivity contribution in [1.82, 2.24) is 5.43 Å². The van der Waals surface area contributed by atoms with Crippen LogP contribution in [-0.4, -0.2) is 24.9 Å². The highest BCUT2D eigenvalue weighted by Crippen LogP contribution is 2.25. The van der Waals surface area contributed by atoms with Crippen LogP contribution < -0.4 is 16.2 Å². The van der Waals surface area contributed by atoms with Gasteiger partial charge in [-0.15, -0.1) is 0 Å². The summed E-state index contributed by atoms with van der Waals surface area (Å²) in [6.45, 7) is 5.02. The molecule has 4 heteroatoms. The van der Waals surface area contributed by atoms with Crippen LogP contribution in [0.5, 0.6) is 0 Å². The van der Waals surface area contributed by atoms with Crippen LogP contribution in [0.4, 0.5) is 5.69 Å². The van der Waals surface area contributed by atoms with E-state index in [1.165, 1.54) is 5.69 Å². The normalized spacial score (nSPS) is 24.6. The van der Waals surface area contributed by atoms with Crippen molar-refractivity contribution < 1.29 is 4.74 Å². The van der Waals surface area contributed by atoms with E-state index < -0.39 is 0 Å². The van der Waals surface area contributed by atoms with Gasteiger partial charge in [0.05, 0.1) is 18.4 Å². The van der Waals surface area contributed by atoms with E-state index in [1.807, 2.05) is 18.2 Å². The molecule has 1 aliphatic heterocycles. The van der Waals surface area contributed by atoms with E-state index >= 15 is 0 Å². The molecule has 0 amide bonds. The Kier molecular flexibility index (Phi) is 3.99. The number of nitrogens with two attached hydrogens (primary N) is 1. The first-order valence-electron chi connectivity index (χ1n) is 6.14. The highest BCUT2D eigenvalue weighted by molar-refractivity contribution is 5.48. The molecule has 2 atom stereocenters. The van der Waals surface area contributed by atoms with Crippen LogP contribution in [0.2, 0.25) is 0 Å². The van der Waals surface area contributed by atoms with Gasteiger partial charge in [-0.25, -0.2) is 5.43 Å². The summed E-state index contributed by atoms with van der Waals surface area (Å²) >= 11 is 0. The van der Waals surface area contributed by atoms with Crippen LogP contribution in [0.25, 0.3) is 0 Å². The van der Waals surface area contributed by atoms with E-state index in [0.29, 0.717) is 0 Å². The number of nitrogens with one attached hydrogen (secondary N) is 1. The van der Waals surface area contributed by atoms with Gasteiger partial charge in [-0.3, -0.25) is 5.84 Å². The van der Waals surface area contributed by atoms with Crippen LogP contribution >= 0.6 is 0 Å². The topological polar surface area (TPSA) is 50.5 Å². The summed E-state index contributed by atoms with van der Waals surface area (Å²) in [5.41, 5.74) is 4.05. The lowest BCUT2D eigenvalue weighted by Crippen LogP contribution is -2.45. The zero-order valence-corrected chi connectivity index (χ0v) is 10.5. The summed E-state index contributed by atoms with van der Waals surface area (Å²) < 4.78 is 5.86. The molecule has 0 bridgehead atoms. The van der Waals surface area contributed by atoms with Crippen molar-refractivity contribution in [3.63, 3.8) is 0 Å². The molecule has 2 unspecified atom stereocenters. The number of para-hydroxylation sites is 1. The van der Waals surface area contributed by atoms with Crippen molar-refractivity contribution >= 4 is 5.69 Å². The van der Waals surface area contributed by atoms with Gasteiger partial charge in [0.25, 0.3) is 0 Å². The van der Waals surface area contributed by atoms with Crippen molar-refractivity contribution in [2.24, 2.45) is 5.84 Å². The van der Waals surface area contributed by atoms with E-state index in [0.717, 1.165) is 13.0 Å². The molecule has 0 radical (unpaired) electrons. The summed E-state index contributed by atoms with van der Waals surface area (Å²) in [6, 6.07) is 10.3. The number of hydrazine groups is 1. The maximum absolute atomic E-state index is 5.86. The average molecular weight is 235 g/mol. The Bertz CT molecular complexity index is 342. The van der Waals surface area contributed by atoms with Crippen molar-refractivity contribution in [1.29, 1.82) is 0 Å². The van der Waals surface area contributed by atoms with E-state index in [1.54, 1.807) is 0 Å². The summed E-state index contributed by atoms with van der Waals surface area (Å²) in [5.74, 6) is 5.61. The Hall–Kier alpha value is -1.10. The second-order valence-electron chi connectivity index (χ2n) is 4.71. The predicted molar refractivity (Wildman–Crippen MR) is 69.5 cm³/mol. The maximum atomic E-state index is 5.86. The molecule has 1 aromatic rings. The van der Waals surface area contributed by atoms with Crippen LogP contribution in [0.3, 0.4) is 0 Å². The third-order valence-corrected chi connectivity index (χ3v) is 3.01. The number of hydrogen-bond donors (Lipinski definition) is 2. The monoisotopic (exact) mass is 235 g/mol. The zero-order chi connectivity index (χ0) is 12.3. The number of anilines is 1. The van der Waals surface area contributed by atoms with Gasteiger partial charge in [-0.1, -0.05) is 18.2 Å². The van der Waals surface area contributed by atoms with Gasteiger partial charge in [-0.05, 0) is 26.0 Å². The third kappa shape index (κ3) is 2.97. The molecule has 1 saturated heterocycles. The average Bonchev–Trinajstić information content (AvgIpc) is 2.72. The molecule has 1 heterocycles. The molecule has 2 rings (SSSR count). The number of benzene rings is 1.